The SMILES string of the molecule is O=c1ccc2c(ccn2S(=O)(=O)c2ccccc2)n1-c1ccsc1. The minimum atomic E-state index is -3.72. The average molecular weight is 356 g/mol. The molecule has 0 aliphatic rings. The Bertz CT molecular complexity index is 1170. The molecule has 4 aromatic rings. The number of hydrogen-bond donors (Lipinski definition) is 0. The predicted octanol–water partition coefficient (Wildman–Crippen LogP) is 3.09. The van der Waals surface area contributed by atoms with E-state index in [2.05, 4.69) is 0 Å². The number of nitrogens with zero attached hydrogens (tertiary/aromatic N) is 2. The first-order valence-electron chi connectivity index (χ1n) is 7.15. The van der Waals surface area contributed by atoms with Crippen molar-refractivity contribution >= 4 is 32.4 Å². The van der Waals surface area contributed by atoms with Crippen LogP contribution in [-0.2, 0) is 10.0 Å². The largest absolute Gasteiger partial charge is 0.274 e. The lowest BCUT2D eigenvalue weighted by atomic mass is 10.3. The zero-order chi connectivity index (χ0) is 16.7. The zero-order valence-corrected chi connectivity index (χ0v) is 14.0. The molecule has 0 aliphatic heterocycles. The van der Waals surface area contributed by atoms with Gasteiger partial charge in [-0.3, -0.25) is 9.36 Å². The number of hydrogen-bond acceptors (Lipinski definition) is 4. The average Bonchev–Trinajstić information content (AvgIpc) is 3.25. The molecule has 0 N–H and O–H groups in total. The lowest BCUT2D eigenvalue weighted by Gasteiger charge is -2.09. The van der Waals surface area contributed by atoms with Crippen molar-refractivity contribution in [3.8, 4) is 5.69 Å². The van der Waals surface area contributed by atoms with E-state index < -0.39 is 10.0 Å². The highest BCUT2D eigenvalue weighted by Gasteiger charge is 2.20. The molecule has 3 aromatic heterocycles. The van der Waals surface area contributed by atoms with Gasteiger partial charge in [0.25, 0.3) is 15.6 Å². The van der Waals surface area contributed by atoms with Crippen LogP contribution >= 0.6 is 11.3 Å². The van der Waals surface area contributed by atoms with Gasteiger partial charge in [-0.2, -0.15) is 11.3 Å². The van der Waals surface area contributed by atoms with Crippen LogP contribution in [0.1, 0.15) is 0 Å². The van der Waals surface area contributed by atoms with E-state index >= 15 is 0 Å². The van der Waals surface area contributed by atoms with Crippen LogP contribution in [0.25, 0.3) is 16.7 Å². The lowest BCUT2D eigenvalue weighted by Crippen LogP contribution is -2.18. The topological polar surface area (TPSA) is 61.1 Å². The van der Waals surface area contributed by atoms with Crippen molar-refractivity contribution in [2.75, 3.05) is 0 Å². The minimum absolute atomic E-state index is 0.198. The zero-order valence-electron chi connectivity index (χ0n) is 12.4. The summed E-state index contributed by atoms with van der Waals surface area (Å²) in [7, 11) is -3.72. The summed E-state index contributed by atoms with van der Waals surface area (Å²) in [5, 5.41) is 3.72. The van der Waals surface area contributed by atoms with Crippen LogP contribution in [0.3, 0.4) is 0 Å². The fourth-order valence-electron chi connectivity index (χ4n) is 2.67. The summed E-state index contributed by atoms with van der Waals surface area (Å²) in [5.74, 6) is 0. The van der Waals surface area contributed by atoms with Crippen LogP contribution < -0.4 is 5.56 Å². The Labute approximate surface area is 142 Å². The van der Waals surface area contributed by atoms with Crippen molar-refractivity contribution in [2.45, 2.75) is 4.90 Å². The quantitative estimate of drug-likeness (QED) is 0.567. The standard InChI is InChI=1S/C17H12N2O3S2/c20-17-7-6-15-16(19(17)13-9-11-23-12-13)8-10-18(15)24(21,22)14-4-2-1-3-5-14/h1-12H. The molecule has 0 radical (unpaired) electrons. The molecule has 0 fully saturated rings. The Morgan fingerprint density at radius 3 is 2.38 bits per heavy atom. The fourth-order valence-corrected chi connectivity index (χ4v) is 4.66. The number of fused-ring (bicyclic) bond motifs is 1. The molecule has 0 saturated heterocycles. The highest BCUT2D eigenvalue weighted by Crippen LogP contribution is 2.23. The molecule has 0 unspecified atom stereocenters. The first-order valence-corrected chi connectivity index (χ1v) is 9.54. The molecular weight excluding hydrogens is 344 g/mol. The van der Waals surface area contributed by atoms with Crippen molar-refractivity contribution in [3.05, 3.63) is 81.9 Å². The van der Waals surface area contributed by atoms with Gasteiger partial charge in [-0.1, -0.05) is 18.2 Å². The van der Waals surface area contributed by atoms with E-state index in [0.29, 0.717) is 11.0 Å². The van der Waals surface area contributed by atoms with Gasteiger partial charge in [-0.25, -0.2) is 12.4 Å². The normalized spacial score (nSPS) is 11.8. The highest BCUT2D eigenvalue weighted by molar-refractivity contribution is 7.90. The summed E-state index contributed by atoms with van der Waals surface area (Å²) >= 11 is 1.48. The number of rotatable bonds is 3. The molecular formula is C17H12N2O3S2. The number of benzene rings is 1. The molecule has 3 heterocycles. The molecule has 0 saturated carbocycles. The van der Waals surface area contributed by atoms with E-state index in [4.69, 9.17) is 0 Å². The second-order valence-corrected chi connectivity index (χ2v) is 7.78. The highest BCUT2D eigenvalue weighted by atomic mass is 32.2. The molecule has 120 valence electrons. The first-order chi connectivity index (χ1) is 11.6. The van der Waals surface area contributed by atoms with Gasteiger partial charge >= 0.3 is 0 Å². The number of thiophene rings is 1. The van der Waals surface area contributed by atoms with E-state index in [1.807, 2.05) is 16.8 Å². The van der Waals surface area contributed by atoms with Crippen molar-refractivity contribution in [1.29, 1.82) is 0 Å². The Morgan fingerprint density at radius 2 is 1.67 bits per heavy atom. The van der Waals surface area contributed by atoms with Crippen LogP contribution in [0.2, 0.25) is 0 Å². The van der Waals surface area contributed by atoms with E-state index in [0.717, 1.165) is 5.69 Å². The maximum absolute atomic E-state index is 12.9. The molecule has 1 aromatic carbocycles. The van der Waals surface area contributed by atoms with Crippen LogP contribution in [-0.4, -0.2) is 17.0 Å². The Morgan fingerprint density at radius 1 is 0.875 bits per heavy atom. The van der Waals surface area contributed by atoms with E-state index in [1.54, 1.807) is 42.5 Å². The molecule has 0 spiro atoms. The van der Waals surface area contributed by atoms with Crippen LogP contribution in [0.5, 0.6) is 0 Å². The van der Waals surface area contributed by atoms with Gasteiger partial charge in [0.15, 0.2) is 0 Å². The molecule has 0 amide bonds. The molecule has 4 rings (SSSR count). The third-order valence-electron chi connectivity index (χ3n) is 3.78. The minimum Gasteiger partial charge on any atom is -0.274 e. The van der Waals surface area contributed by atoms with Crippen molar-refractivity contribution in [2.24, 2.45) is 0 Å². The summed E-state index contributed by atoms with van der Waals surface area (Å²) < 4.78 is 28.5. The first kappa shape index (κ1) is 14.9. The monoisotopic (exact) mass is 356 g/mol. The van der Waals surface area contributed by atoms with E-state index in [-0.39, 0.29) is 10.5 Å². The molecule has 0 bridgehead atoms. The third kappa shape index (κ3) is 2.21. The van der Waals surface area contributed by atoms with Gasteiger partial charge in [-0.15, -0.1) is 0 Å². The molecule has 7 heteroatoms. The fraction of sp³-hybridized carbons (Fsp3) is 0. The van der Waals surface area contributed by atoms with Gasteiger partial charge < -0.3 is 0 Å². The maximum Gasteiger partial charge on any atom is 0.268 e. The van der Waals surface area contributed by atoms with Crippen LogP contribution in [0, 0.1) is 0 Å². The summed E-state index contributed by atoms with van der Waals surface area (Å²) in [6.45, 7) is 0. The summed E-state index contributed by atoms with van der Waals surface area (Å²) in [6.07, 6.45) is 1.48. The van der Waals surface area contributed by atoms with Crippen molar-refractivity contribution in [1.82, 2.24) is 8.54 Å². The Kier molecular flexibility index (Phi) is 3.40. The number of aromatic nitrogens is 2. The second kappa shape index (κ2) is 5.47. The van der Waals surface area contributed by atoms with Crippen molar-refractivity contribution < 1.29 is 8.42 Å². The van der Waals surface area contributed by atoms with Crippen LogP contribution in [0.4, 0.5) is 0 Å². The van der Waals surface area contributed by atoms with E-state index in [1.165, 1.54) is 32.1 Å². The maximum atomic E-state index is 12.9. The second-order valence-electron chi connectivity index (χ2n) is 5.19. The Balaban J connectivity index is 2.01. The summed E-state index contributed by atoms with van der Waals surface area (Å²) in [4.78, 5) is 12.5. The number of pyridine rings is 1. The van der Waals surface area contributed by atoms with Crippen molar-refractivity contribution in [3.63, 3.8) is 0 Å². The van der Waals surface area contributed by atoms with Crippen LogP contribution in [0.15, 0.2) is 81.2 Å². The van der Waals surface area contributed by atoms with Gasteiger partial charge in [-0.05, 0) is 35.7 Å². The summed E-state index contributed by atoms with van der Waals surface area (Å²) in [6, 6.07) is 14.6. The molecule has 0 aliphatic carbocycles. The molecule has 24 heavy (non-hydrogen) atoms. The molecule has 5 nitrogen and oxygen atoms in total. The van der Waals surface area contributed by atoms with E-state index in [9.17, 15) is 13.2 Å². The van der Waals surface area contributed by atoms with Gasteiger partial charge in [0.05, 0.1) is 21.6 Å². The smallest absolute Gasteiger partial charge is 0.268 e. The lowest BCUT2D eigenvalue weighted by molar-refractivity contribution is 0.589. The Hall–Kier alpha value is -2.64. The van der Waals surface area contributed by atoms with Gasteiger partial charge in [0, 0.05) is 17.6 Å². The molecule has 0 atom stereocenters. The summed E-state index contributed by atoms with van der Waals surface area (Å²) in [5.41, 5.74) is 1.55. The predicted molar refractivity (Wildman–Crippen MR) is 94.4 cm³/mol. The third-order valence-corrected chi connectivity index (χ3v) is 6.15. The van der Waals surface area contributed by atoms with Gasteiger partial charge in [0.1, 0.15) is 0 Å². The van der Waals surface area contributed by atoms with Gasteiger partial charge in [0.2, 0.25) is 0 Å².